The second-order valence-corrected chi connectivity index (χ2v) is 8.19. The Bertz CT molecular complexity index is 660. The summed E-state index contributed by atoms with van der Waals surface area (Å²) >= 11 is 0. The summed E-state index contributed by atoms with van der Waals surface area (Å²) in [6, 6.07) is 6.86. The van der Waals surface area contributed by atoms with Crippen molar-refractivity contribution in [3.8, 4) is 0 Å². The zero-order valence-corrected chi connectivity index (χ0v) is 17.0. The van der Waals surface area contributed by atoms with Crippen LogP contribution < -0.4 is 15.4 Å². The van der Waals surface area contributed by atoms with Gasteiger partial charge in [0.25, 0.3) is 0 Å². The molecule has 0 bridgehead atoms. The fourth-order valence-corrected chi connectivity index (χ4v) is 3.39. The lowest BCUT2D eigenvalue weighted by molar-refractivity contribution is 0.204. The number of guanidine groups is 1. The van der Waals surface area contributed by atoms with Crippen molar-refractivity contribution in [3.05, 3.63) is 29.8 Å². The lowest BCUT2D eigenvalue weighted by Gasteiger charge is -2.13. The molecule has 0 radical (unpaired) electrons. The van der Waals surface area contributed by atoms with Gasteiger partial charge in [0.2, 0.25) is 10.0 Å². The molecule has 0 aliphatic carbocycles. The normalized spacial score (nSPS) is 12.4. The van der Waals surface area contributed by atoms with E-state index in [9.17, 15) is 8.42 Å². The molecule has 0 heterocycles. The van der Waals surface area contributed by atoms with E-state index in [1.807, 2.05) is 6.07 Å². The first-order valence-electron chi connectivity index (χ1n) is 8.91. The average Bonchev–Trinajstić information content (AvgIpc) is 2.61. The number of nitrogens with zero attached hydrogens (tertiary/aromatic N) is 1. The maximum Gasteiger partial charge on any atom is 0.240 e. The Morgan fingerprint density at radius 1 is 1.23 bits per heavy atom. The summed E-state index contributed by atoms with van der Waals surface area (Å²) < 4.78 is 31.9. The molecule has 8 heteroatoms. The lowest BCUT2D eigenvalue weighted by atomic mass is 10.1. The number of hydrogen-bond donors (Lipinski definition) is 3. The standard InChI is InChI=1S/C18H32N4O3S/c1-15(2)7-6-10-20-18(19-3)21-14-16-8-5-9-17(13-16)26(23,24)22-11-12-25-4/h5,8-9,13,15,22H,6-7,10-12,14H2,1-4H3,(H2,19,20,21). The Labute approximate surface area is 157 Å². The van der Waals surface area contributed by atoms with Crippen LogP contribution in [0.3, 0.4) is 0 Å². The largest absolute Gasteiger partial charge is 0.383 e. The Morgan fingerprint density at radius 2 is 2.00 bits per heavy atom. The summed E-state index contributed by atoms with van der Waals surface area (Å²) in [5, 5.41) is 6.48. The molecule has 1 aromatic rings. The van der Waals surface area contributed by atoms with Crippen molar-refractivity contribution in [1.82, 2.24) is 15.4 Å². The maximum absolute atomic E-state index is 12.3. The van der Waals surface area contributed by atoms with Crippen molar-refractivity contribution in [2.45, 2.75) is 38.1 Å². The quantitative estimate of drug-likeness (QED) is 0.307. The van der Waals surface area contributed by atoms with E-state index < -0.39 is 10.0 Å². The molecule has 0 fully saturated rings. The van der Waals surface area contributed by atoms with Gasteiger partial charge in [0, 0.05) is 33.8 Å². The van der Waals surface area contributed by atoms with Gasteiger partial charge in [0.1, 0.15) is 0 Å². The third-order valence-corrected chi connectivity index (χ3v) is 5.20. The van der Waals surface area contributed by atoms with Crippen LogP contribution in [0.5, 0.6) is 0 Å². The highest BCUT2D eigenvalue weighted by atomic mass is 32.2. The zero-order valence-electron chi connectivity index (χ0n) is 16.2. The molecule has 0 aliphatic heterocycles. The van der Waals surface area contributed by atoms with Crippen molar-refractivity contribution in [2.75, 3.05) is 33.9 Å². The summed E-state index contributed by atoms with van der Waals surface area (Å²) in [5.74, 6) is 1.40. The molecule has 1 aromatic carbocycles. The van der Waals surface area contributed by atoms with Gasteiger partial charge in [-0.25, -0.2) is 13.1 Å². The van der Waals surface area contributed by atoms with Crippen LogP contribution in [0.1, 0.15) is 32.3 Å². The van der Waals surface area contributed by atoms with Crippen molar-refractivity contribution >= 4 is 16.0 Å². The van der Waals surface area contributed by atoms with Crippen molar-refractivity contribution < 1.29 is 13.2 Å². The number of nitrogens with one attached hydrogen (secondary N) is 3. The van der Waals surface area contributed by atoms with Crippen LogP contribution in [0.2, 0.25) is 0 Å². The third-order valence-electron chi connectivity index (χ3n) is 3.74. The SMILES string of the molecule is CN=C(NCCCC(C)C)NCc1cccc(S(=O)(=O)NCCOC)c1. The molecular weight excluding hydrogens is 352 g/mol. The van der Waals surface area contributed by atoms with E-state index in [1.54, 1.807) is 25.2 Å². The highest BCUT2D eigenvalue weighted by Gasteiger charge is 2.13. The van der Waals surface area contributed by atoms with Crippen molar-refractivity contribution in [3.63, 3.8) is 0 Å². The Balaban J connectivity index is 2.57. The number of benzene rings is 1. The van der Waals surface area contributed by atoms with E-state index in [0.717, 1.165) is 18.5 Å². The molecule has 0 atom stereocenters. The van der Waals surface area contributed by atoms with Gasteiger partial charge in [0.05, 0.1) is 11.5 Å². The van der Waals surface area contributed by atoms with E-state index in [-0.39, 0.29) is 11.4 Å². The minimum Gasteiger partial charge on any atom is -0.383 e. The molecule has 26 heavy (non-hydrogen) atoms. The van der Waals surface area contributed by atoms with Crippen LogP contribution in [0.4, 0.5) is 0 Å². The number of aliphatic imine (C=N–C) groups is 1. The summed E-state index contributed by atoms with van der Waals surface area (Å²) in [6.07, 6.45) is 2.25. The fourth-order valence-electron chi connectivity index (χ4n) is 2.31. The van der Waals surface area contributed by atoms with Gasteiger partial charge in [-0.3, -0.25) is 4.99 Å². The first kappa shape index (κ1) is 22.4. The van der Waals surface area contributed by atoms with E-state index >= 15 is 0 Å². The van der Waals surface area contributed by atoms with E-state index in [4.69, 9.17) is 4.74 Å². The Hall–Kier alpha value is -1.64. The van der Waals surface area contributed by atoms with Gasteiger partial charge in [-0.05, 0) is 36.5 Å². The summed E-state index contributed by atoms with van der Waals surface area (Å²) in [6.45, 7) is 6.34. The second kappa shape index (κ2) is 11.9. The molecule has 0 amide bonds. The highest BCUT2D eigenvalue weighted by molar-refractivity contribution is 7.89. The molecule has 0 aliphatic rings. The molecule has 3 N–H and O–H groups in total. The Kier molecular flexibility index (Phi) is 10.2. The summed E-state index contributed by atoms with van der Waals surface area (Å²) in [4.78, 5) is 4.43. The van der Waals surface area contributed by atoms with Gasteiger partial charge in [-0.1, -0.05) is 26.0 Å². The predicted molar refractivity (Wildman–Crippen MR) is 106 cm³/mol. The van der Waals surface area contributed by atoms with E-state index in [2.05, 4.69) is 34.2 Å². The van der Waals surface area contributed by atoms with Crippen molar-refractivity contribution in [1.29, 1.82) is 0 Å². The van der Waals surface area contributed by atoms with Crippen LogP contribution in [0.25, 0.3) is 0 Å². The number of ether oxygens (including phenoxy) is 1. The molecule has 0 saturated heterocycles. The van der Waals surface area contributed by atoms with Crippen LogP contribution in [0.15, 0.2) is 34.2 Å². The number of sulfonamides is 1. The minimum atomic E-state index is -3.53. The molecule has 0 aromatic heterocycles. The monoisotopic (exact) mass is 384 g/mol. The number of methoxy groups -OCH3 is 1. The minimum absolute atomic E-state index is 0.243. The van der Waals surface area contributed by atoms with Gasteiger partial charge in [-0.15, -0.1) is 0 Å². The number of rotatable bonds is 11. The molecular formula is C18H32N4O3S. The smallest absolute Gasteiger partial charge is 0.240 e. The van der Waals surface area contributed by atoms with Crippen LogP contribution in [-0.2, 0) is 21.3 Å². The van der Waals surface area contributed by atoms with E-state index in [1.165, 1.54) is 13.5 Å². The highest BCUT2D eigenvalue weighted by Crippen LogP contribution is 2.11. The zero-order chi connectivity index (χ0) is 19.4. The van der Waals surface area contributed by atoms with Crippen LogP contribution >= 0.6 is 0 Å². The van der Waals surface area contributed by atoms with Crippen LogP contribution in [-0.4, -0.2) is 48.2 Å². The fraction of sp³-hybridized carbons (Fsp3) is 0.611. The van der Waals surface area contributed by atoms with Crippen LogP contribution in [0, 0.1) is 5.92 Å². The first-order chi connectivity index (χ1) is 12.4. The number of hydrogen-bond acceptors (Lipinski definition) is 4. The molecule has 1 rings (SSSR count). The lowest BCUT2D eigenvalue weighted by Crippen LogP contribution is -2.37. The predicted octanol–water partition coefficient (Wildman–Crippen LogP) is 1.71. The molecule has 0 unspecified atom stereocenters. The van der Waals surface area contributed by atoms with Crippen molar-refractivity contribution in [2.24, 2.45) is 10.9 Å². The van der Waals surface area contributed by atoms with Gasteiger partial charge >= 0.3 is 0 Å². The second-order valence-electron chi connectivity index (χ2n) is 6.43. The van der Waals surface area contributed by atoms with Gasteiger partial charge < -0.3 is 15.4 Å². The Morgan fingerprint density at radius 3 is 2.65 bits per heavy atom. The summed E-state index contributed by atoms with van der Waals surface area (Å²) in [5.41, 5.74) is 0.866. The molecule has 0 spiro atoms. The molecule has 148 valence electrons. The van der Waals surface area contributed by atoms with Gasteiger partial charge in [-0.2, -0.15) is 0 Å². The topological polar surface area (TPSA) is 91.8 Å². The molecule has 0 saturated carbocycles. The summed E-state index contributed by atoms with van der Waals surface area (Å²) in [7, 11) is -0.276. The molecule has 7 nitrogen and oxygen atoms in total. The maximum atomic E-state index is 12.3. The third kappa shape index (κ3) is 8.64. The van der Waals surface area contributed by atoms with Gasteiger partial charge in [0.15, 0.2) is 5.96 Å². The first-order valence-corrected chi connectivity index (χ1v) is 10.4. The average molecular weight is 385 g/mol. The van der Waals surface area contributed by atoms with E-state index in [0.29, 0.717) is 25.0 Å².